The van der Waals surface area contributed by atoms with Gasteiger partial charge in [-0.15, -0.1) is 0 Å². The number of morpholine rings is 1. The van der Waals surface area contributed by atoms with E-state index in [-0.39, 0.29) is 40.0 Å². The number of ether oxygens (including phenoxy) is 3. The Morgan fingerprint density at radius 1 is 1.08 bits per heavy atom. The molecule has 0 spiro atoms. The molecular formula is C34H34Cl2FN5O6. The van der Waals surface area contributed by atoms with Gasteiger partial charge in [-0.05, 0) is 24.3 Å². The van der Waals surface area contributed by atoms with Crippen molar-refractivity contribution in [2.45, 2.75) is 12.6 Å². The van der Waals surface area contributed by atoms with Gasteiger partial charge in [-0.25, -0.2) is 9.18 Å². The highest BCUT2D eigenvalue weighted by atomic mass is 35.5. The molecule has 3 aromatic carbocycles. The fraction of sp³-hybridized carbons (Fsp3) is 0.382. The Morgan fingerprint density at radius 2 is 1.83 bits per heavy atom. The van der Waals surface area contributed by atoms with Crippen LogP contribution in [0.25, 0.3) is 11.1 Å². The first-order valence-corrected chi connectivity index (χ1v) is 16.3. The fourth-order valence-electron chi connectivity index (χ4n) is 6.39. The van der Waals surface area contributed by atoms with Crippen molar-refractivity contribution in [1.82, 2.24) is 9.80 Å². The highest BCUT2D eigenvalue weighted by Crippen LogP contribution is 2.41. The van der Waals surface area contributed by atoms with E-state index < -0.39 is 23.7 Å². The maximum absolute atomic E-state index is 15.5. The number of aromatic carboxylic acids is 1. The molecule has 3 aliphatic heterocycles. The van der Waals surface area contributed by atoms with Crippen LogP contribution in [-0.2, 0) is 16.0 Å². The minimum absolute atomic E-state index is 0.114. The predicted molar refractivity (Wildman–Crippen MR) is 179 cm³/mol. The molecule has 0 radical (unpaired) electrons. The second-order valence-corrected chi connectivity index (χ2v) is 12.6. The van der Waals surface area contributed by atoms with Crippen LogP contribution in [0.5, 0.6) is 5.75 Å². The number of piperazine rings is 1. The van der Waals surface area contributed by atoms with Crippen LogP contribution >= 0.6 is 23.2 Å². The number of amides is 1. The lowest BCUT2D eigenvalue weighted by atomic mass is 9.97. The Hall–Kier alpha value is -4.12. The maximum atomic E-state index is 15.5. The molecule has 2 saturated heterocycles. The molecular weight excluding hydrogens is 664 g/mol. The number of nitriles is 1. The van der Waals surface area contributed by atoms with Crippen molar-refractivity contribution in [2.75, 3.05) is 82.7 Å². The highest BCUT2D eigenvalue weighted by molar-refractivity contribution is 6.40. The highest BCUT2D eigenvalue weighted by Gasteiger charge is 2.32. The van der Waals surface area contributed by atoms with E-state index >= 15 is 4.39 Å². The topological polar surface area (TPSA) is 119 Å². The molecule has 2 fully saturated rings. The summed E-state index contributed by atoms with van der Waals surface area (Å²) in [4.78, 5) is 33.2. The van der Waals surface area contributed by atoms with Crippen LogP contribution < -0.4 is 14.5 Å². The number of hydrogen-bond donors (Lipinski definition) is 1. The van der Waals surface area contributed by atoms with Crippen LogP contribution in [0.15, 0.2) is 42.5 Å². The van der Waals surface area contributed by atoms with Crippen LogP contribution in [0.4, 0.5) is 15.8 Å². The number of carboxylic acid groups (broad SMARTS) is 1. The van der Waals surface area contributed by atoms with Gasteiger partial charge >= 0.3 is 5.97 Å². The molecule has 3 aromatic rings. The number of fused-ring (bicyclic) bond motifs is 1. The molecule has 48 heavy (non-hydrogen) atoms. The van der Waals surface area contributed by atoms with Gasteiger partial charge in [0.2, 0.25) is 0 Å². The molecule has 3 heterocycles. The third kappa shape index (κ3) is 6.74. The van der Waals surface area contributed by atoms with Gasteiger partial charge in [0.25, 0.3) is 5.91 Å². The number of carboxylic acids is 1. The smallest absolute Gasteiger partial charge is 0.337 e. The lowest BCUT2D eigenvalue weighted by Gasteiger charge is -2.39. The average molecular weight is 699 g/mol. The summed E-state index contributed by atoms with van der Waals surface area (Å²) in [5, 5.41) is 20.0. The third-order valence-electron chi connectivity index (χ3n) is 8.86. The number of carbonyl (C=O) groups excluding carboxylic acids is 1. The summed E-state index contributed by atoms with van der Waals surface area (Å²) in [6.45, 7) is 4.94. The minimum atomic E-state index is -1.22. The van der Waals surface area contributed by atoms with Crippen molar-refractivity contribution in [3.8, 4) is 22.9 Å². The van der Waals surface area contributed by atoms with Crippen molar-refractivity contribution < 1.29 is 33.3 Å². The number of carbonyl (C=O) groups is 2. The van der Waals surface area contributed by atoms with Crippen molar-refractivity contribution in [3.05, 3.63) is 75.0 Å². The monoisotopic (exact) mass is 697 g/mol. The molecule has 0 aliphatic carbocycles. The molecule has 1 N–H and O–H groups in total. The Morgan fingerprint density at radius 3 is 2.52 bits per heavy atom. The SMILES string of the molecule is COCCN1CCN(c2cc(Cl)c(C(=O)N3COc4c(cccc4-c4cc(N5CCOCC5)c(C(=O)O)cc4F)C3)c(Cl)c2)[C@@H](C#N)C1. The van der Waals surface area contributed by atoms with E-state index in [2.05, 4.69) is 11.0 Å². The molecule has 11 nitrogen and oxygen atoms in total. The zero-order chi connectivity index (χ0) is 33.9. The number of benzene rings is 3. The number of anilines is 2. The molecule has 1 atom stereocenters. The normalized spacial score (nSPS) is 18.2. The molecule has 0 bridgehead atoms. The zero-order valence-corrected chi connectivity index (χ0v) is 27.8. The van der Waals surface area contributed by atoms with Crippen LogP contribution in [0.2, 0.25) is 10.0 Å². The molecule has 6 rings (SSSR count). The fourth-order valence-corrected chi connectivity index (χ4v) is 7.03. The van der Waals surface area contributed by atoms with Crippen LogP contribution in [0.3, 0.4) is 0 Å². The second kappa shape index (κ2) is 14.6. The molecule has 252 valence electrons. The van der Waals surface area contributed by atoms with Crippen LogP contribution in [0, 0.1) is 17.1 Å². The Balaban J connectivity index is 1.24. The van der Waals surface area contributed by atoms with E-state index in [4.69, 9.17) is 37.4 Å². The lowest BCUT2D eigenvalue weighted by molar-refractivity contribution is 0.0516. The van der Waals surface area contributed by atoms with Gasteiger partial charge < -0.3 is 34.0 Å². The molecule has 0 saturated carbocycles. The number of hydrogen-bond acceptors (Lipinski definition) is 9. The molecule has 0 aromatic heterocycles. The molecule has 3 aliphatic rings. The van der Waals surface area contributed by atoms with Crippen molar-refractivity contribution in [1.29, 1.82) is 5.26 Å². The number of para-hydroxylation sites is 1. The Kier molecular flexibility index (Phi) is 10.2. The minimum Gasteiger partial charge on any atom is -0.478 e. The van der Waals surface area contributed by atoms with E-state index in [1.165, 1.54) is 11.0 Å². The Labute approximate surface area is 287 Å². The number of methoxy groups -OCH3 is 1. The lowest BCUT2D eigenvalue weighted by Crippen LogP contribution is -2.53. The zero-order valence-electron chi connectivity index (χ0n) is 26.3. The summed E-state index contributed by atoms with van der Waals surface area (Å²) >= 11 is 13.4. The van der Waals surface area contributed by atoms with Gasteiger partial charge in [0.05, 0.1) is 59.3 Å². The molecule has 1 amide bonds. The predicted octanol–water partition coefficient (Wildman–Crippen LogP) is 4.99. The molecule has 0 unspecified atom stereocenters. The van der Waals surface area contributed by atoms with E-state index in [9.17, 15) is 20.0 Å². The summed E-state index contributed by atoms with van der Waals surface area (Å²) in [6.07, 6.45) is 0. The standard InChI is InChI=1S/C34H34Cl2FN5O6/c1-46-10-7-39-5-6-42(23(17-38)19-39)22-13-27(35)31(28(36)14-22)33(43)41-18-21-3-2-4-24(32(21)48-20-41)25-16-30(40-8-11-47-12-9-40)26(34(44)45)15-29(25)37/h2-4,13-16,23H,5-12,18-20H2,1H3,(H,44,45)/t23-/m0/s1. The first-order chi connectivity index (χ1) is 23.2. The van der Waals surface area contributed by atoms with E-state index in [1.807, 2.05) is 9.80 Å². The third-order valence-corrected chi connectivity index (χ3v) is 9.46. The van der Waals surface area contributed by atoms with Crippen LogP contribution in [0.1, 0.15) is 26.3 Å². The molecule has 14 heteroatoms. The van der Waals surface area contributed by atoms with Crippen molar-refractivity contribution in [3.63, 3.8) is 0 Å². The van der Waals surface area contributed by atoms with Gasteiger partial charge in [-0.2, -0.15) is 5.26 Å². The van der Waals surface area contributed by atoms with Crippen molar-refractivity contribution >= 4 is 46.5 Å². The summed E-state index contributed by atoms with van der Waals surface area (Å²) in [6, 6.07) is 13.0. The van der Waals surface area contributed by atoms with E-state index in [0.717, 1.165) is 19.2 Å². The van der Waals surface area contributed by atoms with Gasteiger partial charge in [-0.3, -0.25) is 9.69 Å². The van der Waals surface area contributed by atoms with Gasteiger partial charge in [0, 0.05) is 68.8 Å². The summed E-state index contributed by atoms with van der Waals surface area (Å²) in [5.41, 5.74) is 2.30. The number of rotatable bonds is 8. The van der Waals surface area contributed by atoms with Gasteiger partial charge in [0.15, 0.2) is 6.73 Å². The van der Waals surface area contributed by atoms with E-state index in [0.29, 0.717) is 74.3 Å². The van der Waals surface area contributed by atoms with Gasteiger partial charge in [0.1, 0.15) is 17.6 Å². The Bertz CT molecular complexity index is 1740. The van der Waals surface area contributed by atoms with Gasteiger partial charge in [-0.1, -0.05) is 41.4 Å². The average Bonchev–Trinajstić information content (AvgIpc) is 3.10. The number of halogens is 3. The largest absolute Gasteiger partial charge is 0.478 e. The van der Waals surface area contributed by atoms with Crippen molar-refractivity contribution in [2.24, 2.45) is 0 Å². The second-order valence-electron chi connectivity index (χ2n) is 11.7. The first-order valence-electron chi connectivity index (χ1n) is 15.5. The number of nitrogens with zero attached hydrogens (tertiary/aromatic N) is 5. The van der Waals surface area contributed by atoms with E-state index in [1.54, 1.807) is 37.4 Å². The summed E-state index contributed by atoms with van der Waals surface area (Å²) in [7, 11) is 1.64. The quantitative estimate of drug-likeness (QED) is 0.345. The van der Waals surface area contributed by atoms with Crippen LogP contribution in [-0.4, -0.2) is 106 Å². The summed E-state index contributed by atoms with van der Waals surface area (Å²) < 4.78 is 32.2. The maximum Gasteiger partial charge on any atom is 0.337 e. The summed E-state index contributed by atoms with van der Waals surface area (Å²) in [5.74, 6) is -1.97. The first kappa shape index (κ1) is 33.8.